The van der Waals surface area contributed by atoms with E-state index in [1.54, 1.807) is 0 Å². The van der Waals surface area contributed by atoms with E-state index in [1.165, 1.54) is 0 Å². The van der Waals surface area contributed by atoms with Gasteiger partial charge in [0.1, 0.15) is 0 Å². The van der Waals surface area contributed by atoms with Crippen molar-refractivity contribution in [3.8, 4) is 0 Å². The highest BCUT2D eigenvalue weighted by Gasteiger charge is 2.12. The Balaban J connectivity index is 0.000000307. The molecule has 1 aliphatic rings. The number of halogens is 1. The first kappa shape index (κ1) is 20.1. The number of ether oxygens (including phenoxy) is 2. The Morgan fingerprint density at radius 2 is 2.04 bits per heavy atom. The molecule has 0 amide bonds. The molecule has 24 heavy (non-hydrogen) atoms. The fourth-order valence-electron chi connectivity index (χ4n) is 1.80. The van der Waals surface area contributed by atoms with Crippen molar-refractivity contribution < 1.29 is 29.3 Å². The average molecular weight is 358 g/mol. The third-order valence-corrected chi connectivity index (χ3v) is 3.07. The lowest BCUT2D eigenvalue weighted by Crippen LogP contribution is -2.40. The highest BCUT2D eigenvalue weighted by atomic mass is 35.5. The van der Waals surface area contributed by atoms with Crippen LogP contribution in [0.4, 0.5) is 0 Å². The van der Waals surface area contributed by atoms with Gasteiger partial charge in [-0.3, -0.25) is 0 Å². The monoisotopic (exact) mass is 357 g/mol. The van der Waals surface area contributed by atoms with Crippen LogP contribution in [0.5, 0.6) is 0 Å². The molecule has 0 spiro atoms. The summed E-state index contributed by atoms with van der Waals surface area (Å²) in [7, 11) is 0. The molecule has 0 saturated carbocycles. The second kappa shape index (κ2) is 11.6. The smallest absolute Gasteiger partial charge is 0.328 e. The molecule has 1 aromatic rings. The van der Waals surface area contributed by atoms with Gasteiger partial charge in [0.25, 0.3) is 0 Å². The predicted octanol–water partition coefficient (Wildman–Crippen LogP) is 1.56. The second-order valence-electron chi connectivity index (χ2n) is 4.85. The minimum absolute atomic E-state index is 0.174. The van der Waals surface area contributed by atoms with Gasteiger partial charge >= 0.3 is 11.9 Å². The van der Waals surface area contributed by atoms with Gasteiger partial charge in [-0.15, -0.1) is 0 Å². The van der Waals surface area contributed by atoms with Crippen LogP contribution in [0.15, 0.2) is 36.4 Å². The van der Waals surface area contributed by atoms with Crippen molar-refractivity contribution in [3.63, 3.8) is 0 Å². The zero-order valence-electron chi connectivity index (χ0n) is 13.0. The van der Waals surface area contributed by atoms with Crippen molar-refractivity contribution in [3.05, 3.63) is 47.0 Å². The topological polar surface area (TPSA) is 105 Å². The maximum absolute atomic E-state index is 9.55. The average Bonchev–Trinajstić information content (AvgIpc) is 2.55. The number of hydrogen-bond acceptors (Lipinski definition) is 5. The molecule has 132 valence electrons. The van der Waals surface area contributed by atoms with Gasteiger partial charge < -0.3 is 25.0 Å². The third kappa shape index (κ3) is 9.96. The van der Waals surface area contributed by atoms with Crippen LogP contribution >= 0.6 is 11.6 Å². The fourth-order valence-corrected chi connectivity index (χ4v) is 2.02. The van der Waals surface area contributed by atoms with Gasteiger partial charge in [-0.2, -0.15) is 0 Å². The molecule has 1 heterocycles. The number of benzene rings is 1. The molecule has 1 fully saturated rings. The number of morpholine rings is 1. The molecule has 1 atom stereocenters. The first-order chi connectivity index (χ1) is 11.5. The van der Waals surface area contributed by atoms with Crippen molar-refractivity contribution in [1.29, 1.82) is 0 Å². The first-order valence-corrected chi connectivity index (χ1v) is 7.63. The highest BCUT2D eigenvalue weighted by Crippen LogP contribution is 2.11. The molecular formula is C16H20ClNO6. The van der Waals surface area contributed by atoms with Crippen LogP contribution in [-0.2, 0) is 25.7 Å². The SMILES string of the molecule is Clc1cccc(COCC2CNCCO2)c1.O=C(O)C=CC(=O)O. The standard InChI is InChI=1S/C12H16ClNO2.C4H4O4/c13-11-3-1-2-10(6-11)8-15-9-12-7-14-4-5-16-12;5-3(6)1-2-4(7)8/h1-3,6,12,14H,4-5,7-9H2;1-2H,(H,5,6)(H,7,8). The van der Waals surface area contributed by atoms with Gasteiger partial charge in [0.05, 0.1) is 25.9 Å². The molecule has 0 radical (unpaired) electrons. The van der Waals surface area contributed by atoms with E-state index in [1.807, 2.05) is 24.3 Å². The highest BCUT2D eigenvalue weighted by molar-refractivity contribution is 6.30. The zero-order chi connectivity index (χ0) is 17.8. The molecule has 1 saturated heterocycles. The Morgan fingerprint density at radius 1 is 1.33 bits per heavy atom. The molecule has 1 unspecified atom stereocenters. The molecule has 7 nitrogen and oxygen atoms in total. The van der Waals surface area contributed by atoms with Crippen LogP contribution in [0.2, 0.25) is 5.02 Å². The van der Waals surface area contributed by atoms with Gasteiger partial charge in [-0.1, -0.05) is 23.7 Å². The summed E-state index contributed by atoms with van der Waals surface area (Å²) in [6, 6.07) is 7.71. The summed E-state index contributed by atoms with van der Waals surface area (Å²) in [4.78, 5) is 19.1. The Labute approximate surface area is 144 Å². The molecule has 0 bridgehead atoms. The molecule has 1 aliphatic heterocycles. The van der Waals surface area contributed by atoms with E-state index in [0.717, 1.165) is 30.3 Å². The Morgan fingerprint density at radius 3 is 2.58 bits per heavy atom. The lowest BCUT2D eigenvalue weighted by molar-refractivity contribution is -0.134. The number of carboxylic acids is 2. The predicted molar refractivity (Wildman–Crippen MR) is 88.1 cm³/mol. The normalized spacial score (nSPS) is 17.1. The summed E-state index contributed by atoms with van der Waals surface area (Å²) in [6.07, 6.45) is 1.29. The first-order valence-electron chi connectivity index (χ1n) is 7.26. The quantitative estimate of drug-likeness (QED) is 0.663. The van der Waals surface area contributed by atoms with Crippen LogP contribution in [-0.4, -0.2) is 54.6 Å². The van der Waals surface area contributed by atoms with E-state index < -0.39 is 11.9 Å². The molecule has 0 aliphatic carbocycles. The van der Waals surface area contributed by atoms with E-state index in [-0.39, 0.29) is 6.10 Å². The third-order valence-electron chi connectivity index (χ3n) is 2.83. The molecule has 8 heteroatoms. The second-order valence-corrected chi connectivity index (χ2v) is 5.29. The van der Waals surface area contributed by atoms with E-state index >= 15 is 0 Å². The maximum atomic E-state index is 9.55. The Bertz CT molecular complexity index is 541. The van der Waals surface area contributed by atoms with Gasteiger partial charge in [-0.05, 0) is 17.7 Å². The van der Waals surface area contributed by atoms with Crippen LogP contribution in [0.25, 0.3) is 0 Å². The van der Waals surface area contributed by atoms with E-state index in [4.69, 9.17) is 31.3 Å². The number of carbonyl (C=O) groups is 2. The summed E-state index contributed by atoms with van der Waals surface area (Å²) in [5.74, 6) is -2.51. The largest absolute Gasteiger partial charge is 0.478 e. The summed E-state index contributed by atoms with van der Waals surface area (Å²) in [5, 5.41) is 19.6. The lowest BCUT2D eigenvalue weighted by atomic mass is 10.2. The summed E-state index contributed by atoms with van der Waals surface area (Å²) < 4.78 is 11.1. The minimum atomic E-state index is -1.26. The molecule has 2 rings (SSSR count). The van der Waals surface area contributed by atoms with E-state index in [0.29, 0.717) is 25.4 Å². The van der Waals surface area contributed by atoms with E-state index in [2.05, 4.69) is 5.32 Å². The van der Waals surface area contributed by atoms with Crippen LogP contribution in [0.3, 0.4) is 0 Å². The Hall–Kier alpha value is -1.93. The van der Waals surface area contributed by atoms with Gasteiger partial charge in [0, 0.05) is 30.3 Å². The zero-order valence-corrected chi connectivity index (χ0v) is 13.7. The summed E-state index contributed by atoms with van der Waals surface area (Å²) in [5.41, 5.74) is 1.09. The fraction of sp³-hybridized carbons (Fsp3) is 0.375. The minimum Gasteiger partial charge on any atom is -0.478 e. The summed E-state index contributed by atoms with van der Waals surface area (Å²) >= 11 is 5.88. The van der Waals surface area contributed by atoms with Crippen molar-refractivity contribution in [2.45, 2.75) is 12.7 Å². The molecular weight excluding hydrogens is 338 g/mol. The van der Waals surface area contributed by atoms with E-state index in [9.17, 15) is 9.59 Å². The van der Waals surface area contributed by atoms with Crippen LogP contribution in [0.1, 0.15) is 5.56 Å². The van der Waals surface area contributed by atoms with Crippen molar-refractivity contribution in [1.82, 2.24) is 5.32 Å². The summed E-state index contributed by atoms with van der Waals surface area (Å²) in [6.45, 7) is 3.78. The van der Waals surface area contributed by atoms with Crippen molar-refractivity contribution in [2.24, 2.45) is 0 Å². The maximum Gasteiger partial charge on any atom is 0.328 e. The number of hydrogen-bond donors (Lipinski definition) is 3. The lowest BCUT2D eigenvalue weighted by Gasteiger charge is -2.23. The molecule has 1 aromatic carbocycles. The Kier molecular flexibility index (Phi) is 9.71. The number of aliphatic carboxylic acids is 2. The number of carboxylic acid groups (broad SMARTS) is 2. The van der Waals surface area contributed by atoms with Crippen LogP contribution < -0.4 is 5.32 Å². The molecule has 3 N–H and O–H groups in total. The van der Waals surface area contributed by atoms with Gasteiger partial charge in [0.2, 0.25) is 0 Å². The van der Waals surface area contributed by atoms with Gasteiger partial charge in [-0.25, -0.2) is 9.59 Å². The number of rotatable bonds is 6. The molecule has 0 aromatic heterocycles. The van der Waals surface area contributed by atoms with Crippen molar-refractivity contribution >= 4 is 23.5 Å². The van der Waals surface area contributed by atoms with Crippen molar-refractivity contribution in [2.75, 3.05) is 26.3 Å². The van der Waals surface area contributed by atoms with Gasteiger partial charge in [0.15, 0.2) is 0 Å². The van der Waals surface area contributed by atoms with Crippen LogP contribution in [0, 0.1) is 0 Å². The number of nitrogens with one attached hydrogen (secondary N) is 1.